The molecule has 3 aliphatic carbocycles. The fraction of sp³-hybridized carbons (Fsp3) is 0.429. The molecule has 0 radical (unpaired) electrons. The number of aliphatic hydroxyl groups is 1. The third-order valence-corrected chi connectivity index (χ3v) is 9.33. The van der Waals surface area contributed by atoms with Gasteiger partial charge in [0, 0.05) is 23.5 Å². The molecule has 3 aromatic rings. The average molecular weight is 521 g/mol. The van der Waals surface area contributed by atoms with Gasteiger partial charge in [-0.2, -0.15) is 5.10 Å². The number of halogens is 1. The molecule has 1 amide bonds. The first-order chi connectivity index (χ1) is 17.5. The average Bonchev–Trinajstić information content (AvgIpc) is 3.46. The largest absolute Gasteiger partial charge is 0.504 e. The number of para-hydroxylation sites is 1. The number of benzene rings is 2. The van der Waals surface area contributed by atoms with Gasteiger partial charge in [0.1, 0.15) is 11.7 Å². The molecular weight excluding hydrogens is 492 g/mol. The van der Waals surface area contributed by atoms with Crippen LogP contribution in [0.1, 0.15) is 40.9 Å². The number of carbonyl (C=O) groups excluding carboxylic acids is 1. The Kier molecular flexibility index (Phi) is 4.82. The number of ether oxygens (including phenoxy) is 1. The van der Waals surface area contributed by atoms with Gasteiger partial charge >= 0.3 is 0 Å². The van der Waals surface area contributed by atoms with E-state index in [-0.39, 0.29) is 30.1 Å². The van der Waals surface area contributed by atoms with Crippen molar-refractivity contribution in [1.29, 1.82) is 0 Å². The molecule has 1 spiro atoms. The van der Waals surface area contributed by atoms with E-state index in [4.69, 9.17) is 4.74 Å². The number of aromatic hydroxyl groups is 1. The Hall–Kier alpha value is -3.07. The first-order valence-corrected chi connectivity index (χ1v) is 12.9. The predicted octanol–water partition coefficient (Wildman–Crippen LogP) is 2.83. The van der Waals surface area contributed by atoms with Gasteiger partial charge in [-0.1, -0.05) is 36.4 Å². The summed E-state index contributed by atoms with van der Waals surface area (Å²) in [6.45, 7) is 1.87. The fourth-order valence-corrected chi connectivity index (χ4v) is 7.52. The Morgan fingerprint density at radius 1 is 1.24 bits per heavy atom. The number of nitrogens with one attached hydrogen (secondary N) is 2. The molecule has 4 N–H and O–H groups in total. The first-order valence-electron chi connectivity index (χ1n) is 12.9. The monoisotopic (exact) mass is 520 g/mol. The van der Waals surface area contributed by atoms with Gasteiger partial charge < -0.3 is 20.3 Å². The number of hydrogen-bond donors (Lipinski definition) is 4. The zero-order valence-corrected chi connectivity index (χ0v) is 21.0. The number of carbonyl (C=O) groups is 1. The molecule has 5 aliphatic rings. The van der Waals surface area contributed by atoms with E-state index in [0.29, 0.717) is 24.3 Å². The van der Waals surface area contributed by atoms with Crippen LogP contribution in [-0.2, 0) is 11.8 Å². The molecule has 2 bridgehead atoms. The van der Waals surface area contributed by atoms with Gasteiger partial charge in [-0.25, -0.2) is 0 Å². The second-order valence-electron chi connectivity index (χ2n) is 11.2. The van der Waals surface area contributed by atoms with Crippen molar-refractivity contribution < 1.29 is 19.7 Å². The van der Waals surface area contributed by atoms with E-state index >= 15 is 0 Å². The van der Waals surface area contributed by atoms with Crippen LogP contribution in [0.2, 0.25) is 0 Å². The van der Waals surface area contributed by atoms with Crippen LogP contribution in [0.5, 0.6) is 11.5 Å². The summed E-state index contributed by atoms with van der Waals surface area (Å²) >= 11 is 0. The van der Waals surface area contributed by atoms with E-state index in [1.165, 1.54) is 12.8 Å². The molecule has 37 heavy (non-hydrogen) atoms. The van der Waals surface area contributed by atoms with Crippen LogP contribution in [0.15, 0.2) is 48.6 Å². The number of likely N-dealkylation sites (tertiary alicyclic amines) is 1. The Bertz CT molecular complexity index is 1470. The highest BCUT2D eigenvalue weighted by Crippen LogP contribution is 2.64. The highest BCUT2D eigenvalue weighted by atomic mass is 35.5. The van der Waals surface area contributed by atoms with Crippen molar-refractivity contribution in [3.63, 3.8) is 0 Å². The van der Waals surface area contributed by atoms with Gasteiger partial charge in [0.25, 0.3) is 5.91 Å². The van der Waals surface area contributed by atoms with E-state index in [0.717, 1.165) is 41.0 Å². The quantitative estimate of drug-likeness (QED) is 0.394. The Balaban J connectivity index is 0.00000231. The lowest BCUT2D eigenvalue weighted by atomic mass is 9.50. The number of amides is 1. The molecular formula is C28H29ClN4O4. The number of piperidine rings is 1. The number of nitrogens with zero attached hydrogens (tertiary/aromatic N) is 2. The molecule has 192 valence electrons. The summed E-state index contributed by atoms with van der Waals surface area (Å²) in [6, 6.07) is 10.7. The fourth-order valence-electron chi connectivity index (χ4n) is 7.52. The molecule has 5 atom stereocenters. The number of rotatable bonds is 4. The van der Waals surface area contributed by atoms with Crippen molar-refractivity contribution in [1.82, 2.24) is 20.4 Å². The van der Waals surface area contributed by atoms with Crippen LogP contribution in [-0.4, -0.2) is 68.1 Å². The van der Waals surface area contributed by atoms with Crippen molar-refractivity contribution in [2.75, 3.05) is 13.1 Å². The van der Waals surface area contributed by atoms with Gasteiger partial charge in [-0.05, 0) is 55.8 Å². The summed E-state index contributed by atoms with van der Waals surface area (Å²) in [7, 11) is 0. The molecule has 9 heteroatoms. The number of phenols is 1. The van der Waals surface area contributed by atoms with Crippen molar-refractivity contribution in [3.05, 3.63) is 65.4 Å². The summed E-state index contributed by atoms with van der Waals surface area (Å²) in [6.07, 6.45) is 7.20. The minimum Gasteiger partial charge on any atom is -0.504 e. The number of hydrogen-bond acceptors (Lipinski definition) is 6. The van der Waals surface area contributed by atoms with Crippen LogP contribution < -0.4 is 10.1 Å². The molecule has 2 aliphatic heterocycles. The third kappa shape index (κ3) is 2.92. The molecule has 0 unspecified atom stereocenters. The molecule has 1 saturated heterocycles. The van der Waals surface area contributed by atoms with E-state index in [1.807, 2.05) is 42.5 Å². The van der Waals surface area contributed by atoms with Gasteiger partial charge in [0.2, 0.25) is 0 Å². The van der Waals surface area contributed by atoms with E-state index < -0.39 is 23.2 Å². The molecule has 8 nitrogen and oxygen atoms in total. The maximum atomic E-state index is 13.4. The Labute approximate surface area is 220 Å². The van der Waals surface area contributed by atoms with Gasteiger partial charge in [0.05, 0.1) is 17.0 Å². The minimum atomic E-state index is -1.14. The highest BCUT2D eigenvalue weighted by Gasteiger charge is 2.72. The molecule has 1 aromatic heterocycles. The lowest BCUT2D eigenvalue weighted by Gasteiger charge is -2.62. The summed E-state index contributed by atoms with van der Waals surface area (Å²) in [4.78, 5) is 15.9. The summed E-state index contributed by atoms with van der Waals surface area (Å²) in [5, 5.41) is 34.3. The summed E-state index contributed by atoms with van der Waals surface area (Å²) in [5.41, 5.74) is 1.30. The predicted molar refractivity (Wildman–Crippen MR) is 139 cm³/mol. The summed E-state index contributed by atoms with van der Waals surface area (Å²) < 4.78 is 6.50. The summed E-state index contributed by atoms with van der Waals surface area (Å²) in [5.74, 6) is 0.963. The van der Waals surface area contributed by atoms with Crippen molar-refractivity contribution in [2.24, 2.45) is 5.92 Å². The Morgan fingerprint density at radius 3 is 2.92 bits per heavy atom. The van der Waals surface area contributed by atoms with Crippen molar-refractivity contribution in [2.45, 2.75) is 54.9 Å². The number of aromatic nitrogens is 2. The number of phenolic OH excluding ortho intramolecular Hbond substituents is 1. The number of fused-ring (bicyclic) bond motifs is 1. The highest BCUT2D eigenvalue weighted by molar-refractivity contribution is 6.04. The van der Waals surface area contributed by atoms with Crippen LogP contribution in [0.25, 0.3) is 10.9 Å². The van der Waals surface area contributed by atoms with E-state index in [2.05, 4.69) is 20.4 Å². The third-order valence-electron chi connectivity index (χ3n) is 9.33. The zero-order valence-electron chi connectivity index (χ0n) is 20.2. The van der Waals surface area contributed by atoms with Crippen molar-refractivity contribution >= 4 is 29.2 Å². The topological polar surface area (TPSA) is 111 Å². The smallest absolute Gasteiger partial charge is 0.273 e. The second kappa shape index (κ2) is 7.72. The SMILES string of the molecule is Cl.O=C(N[C@H]1C=C[C@@]2(O)[C@H]3Cc4ccc(O)c5c4[C@@]2(CCN3CC2CC2)[C@H]1O5)c1n[nH]c2ccccc12. The lowest BCUT2D eigenvalue weighted by molar-refractivity contribution is -0.144. The van der Waals surface area contributed by atoms with Gasteiger partial charge in [0.15, 0.2) is 17.2 Å². The number of aromatic amines is 1. The maximum Gasteiger partial charge on any atom is 0.273 e. The van der Waals surface area contributed by atoms with Crippen LogP contribution in [0.3, 0.4) is 0 Å². The molecule has 3 heterocycles. The lowest BCUT2D eigenvalue weighted by Crippen LogP contribution is -2.76. The Morgan fingerprint density at radius 2 is 2.08 bits per heavy atom. The minimum absolute atomic E-state index is 0. The molecule has 8 rings (SSSR count). The first kappa shape index (κ1) is 23.1. The van der Waals surface area contributed by atoms with Crippen LogP contribution in [0.4, 0.5) is 0 Å². The van der Waals surface area contributed by atoms with Crippen molar-refractivity contribution in [3.8, 4) is 11.5 Å². The normalized spacial score (nSPS) is 32.9. The zero-order chi connectivity index (χ0) is 24.2. The van der Waals surface area contributed by atoms with Gasteiger partial charge in [-0.3, -0.25) is 14.8 Å². The van der Waals surface area contributed by atoms with E-state index in [9.17, 15) is 15.0 Å². The van der Waals surface area contributed by atoms with Gasteiger partial charge in [-0.15, -0.1) is 12.4 Å². The standard InChI is InChI=1S/C28H28N4O4.ClH/c33-20-8-7-16-13-21-28(35)10-9-19(29-26(34)23-17-3-1-2-4-18(17)30-31-23)25-27(28,22(16)24(20)36-25)11-12-32(21)14-15-5-6-15;/h1-4,7-10,15,19,21,25,33,35H,5-6,11-14H2,(H,29,34)(H,30,31);1H/t19-,21+,25-,27-,28+;/m0./s1. The van der Waals surface area contributed by atoms with E-state index in [1.54, 1.807) is 6.07 Å². The number of H-pyrrole nitrogens is 1. The van der Waals surface area contributed by atoms with Crippen LogP contribution in [0, 0.1) is 5.92 Å². The van der Waals surface area contributed by atoms with Crippen LogP contribution >= 0.6 is 12.4 Å². The molecule has 2 aromatic carbocycles. The second-order valence-corrected chi connectivity index (χ2v) is 11.2. The molecule has 1 saturated carbocycles. The maximum absolute atomic E-state index is 13.4. The molecule has 2 fully saturated rings.